The van der Waals surface area contributed by atoms with Gasteiger partial charge in [-0.15, -0.1) is 0 Å². The summed E-state index contributed by atoms with van der Waals surface area (Å²) in [7, 11) is 1.79. The van der Waals surface area contributed by atoms with Gasteiger partial charge in [0.1, 0.15) is 5.82 Å². The molecule has 0 saturated carbocycles. The Bertz CT molecular complexity index is 689. The molecule has 7 heteroatoms. The van der Waals surface area contributed by atoms with E-state index in [-0.39, 0.29) is 12.1 Å². The number of benzene rings is 1. The van der Waals surface area contributed by atoms with Crippen molar-refractivity contribution < 1.29 is 9.18 Å². The molecule has 1 aromatic heterocycles. The summed E-state index contributed by atoms with van der Waals surface area (Å²) < 4.78 is 15.2. The number of nitrogens with zero attached hydrogens (tertiary/aromatic N) is 3. The number of amides is 2. The average molecular weight is 287 g/mol. The maximum absolute atomic E-state index is 13.5. The van der Waals surface area contributed by atoms with Crippen LogP contribution in [0.4, 0.5) is 9.18 Å². The van der Waals surface area contributed by atoms with Crippen molar-refractivity contribution in [2.45, 2.75) is 13.1 Å². The van der Waals surface area contributed by atoms with Gasteiger partial charge in [0.15, 0.2) is 0 Å². The molecule has 21 heavy (non-hydrogen) atoms. The second-order valence-electron chi connectivity index (χ2n) is 4.48. The largest absolute Gasteiger partial charge is 0.334 e. The van der Waals surface area contributed by atoms with Crippen LogP contribution in [0.5, 0.6) is 0 Å². The predicted molar refractivity (Wildman–Crippen MR) is 73.4 cm³/mol. The van der Waals surface area contributed by atoms with E-state index in [0.717, 1.165) is 5.56 Å². The minimum Gasteiger partial charge on any atom is -0.334 e. The molecule has 2 N–H and O–H groups in total. The van der Waals surface area contributed by atoms with Crippen molar-refractivity contribution in [3.8, 4) is 6.07 Å². The Balaban J connectivity index is 1.85. The second kappa shape index (κ2) is 6.52. The Labute approximate surface area is 121 Å². The Morgan fingerprint density at radius 3 is 2.86 bits per heavy atom. The number of nitriles is 1. The van der Waals surface area contributed by atoms with Gasteiger partial charge in [-0.05, 0) is 18.2 Å². The lowest BCUT2D eigenvalue weighted by Gasteiger charge is -2.08. The molecule has 0 fully saturated rings. The summed E-state index contributed by atoms with van der Waals surface area (Å²) >= 11 is 0. The molecule has 6 nitrogen and oxygen atoms in total. The van der Waals surface area contributed by atoms with E-state index in [9.17, 15) is 9.18 Å². The summed E-state index contributed by atoms with van der Waals surface area (Å²) in [5.41, 5.74) is 1.49. The molecular formula is C14H14FN5O. The number of halogens is 1. The molecule has 2 amide bonds. The van der Waals surface area contributed by atoms with Gasteiger partial charge in [0.2, 0.25) is 0 Å². The smallest absolute Gasteiger partial charge is 0.315 e. The summed E-state index contributed by atoms with van der Waals surface area (Å²) in [6, 6.07) is 5.53. The molecule has 0 saturated heterocycles. The highest BCUT2D eigenvalue weighted by Gasteiger charge is 2.06. The third-order valence-electron chi connectivity index (χ3n) is 2.83. The van der Waals surface area contributed by atoms with Crippen LogP contribution in [0.2, 0.25) is 0 Å². The number of rotatable bonds is 4. The predicted octanol–water partition coefficient (Wildman–Crippen LogP) is 1.43. The lowest BCUT2D eigenvalue weighted by atomic mass is 10.1. The zero-order valence-corrected chi connectivity index (χ0v) is 11.4. The Morgan fingerprint density at radius 1 is 1.43 bits per heavy atom. The lowest BCUT2D eigenvalue weighted by molar-refractivity contribution is 0.240. The van der Waals surface area contributed by atoms with Gasteiger partial charge in [0.25, 0.3) is 0 Å². The van der Waals surface area contributed by atoms with E-state index < -0.39 is 11.8 Å². The monoisotopic (exact) mass is 287 g/mol. The van der Waals surface area contributed by atoms with E-state index in [4.69, 9.17) is 5.26 Å². The van der Waals surface area contributed by atoms with Crippen molar-refractivity contribution >= 4 is 6.03 Å². The van der Waals surface area contributed by atoms with Gasteiger partial charge in [-0.3, -0.25) is 4.68 Å². The summed E-state index contributed by atoms with van der Waals surface area (Å²) in [6.07, 6.45) is 3.44. The van der Waals surface area contributed by atoms with Gasteiger partial charge in [-0.2, -0.15) is 10.4 Å². The fraction of sp³-hybridized carbons (Fsp3) is 0.214. The van der Waals surface area contributed by atoms with E-state index in [2.05, 4.69) is 15.7 Å². The van der Waals surface area contributed by atoms with Gasteiger partial charge >= 0.3 is 6.03 Å². The number of carbonyl (C=O) groups excluding carboxylic acids is 1. The quantitative estimate of drug-likeness (QED) is 0.892. The molecule has 0 unspecified atom stereocenters. The Morgan fingerprint density at radius 2 is 2.19 bits per heavy atom. The van der Waals surface area contributed by atoms with Gasteiger partial charge in [0, 0.05) is 37.5 Å². The molecule has 1 heterocycles. The van der Waals surface area contributed by atoms with Crippen LogP contribution >= 0.6 is 0 Å². The van der Waals surface area contributed by atoms with Crippen molar-refractivity contribution in [1.29, 1.82) is 5.26 Å². The first kappa shape index (κ1) is 14.5. The van der Waals surface area contributed by atoms with Crippen molar-refractivity contribution in [3.63, 3.8) is 0 Å². The molecule has 2 rings (SSSR count). The topological polar surface area (TPSA) is 82.7 Å². The van der Waals surface area contributed by atoms with Crippen LogP contribution in [0.15, 0.2) is 30.6 Å². The van der Waals surface area contributed by atoms with Gasteiger partial charge in [-0.25, -0.2) is 9.18 Å². The Kier molecular flexibility index (Phi) is 4.51. The number of hydrogen-bond acceptors (Lipinski definition) is 3. The molecule has 0 bridgehead atoms. The molecule has 2 aromatic rings. The van der Waals surface area contributed by atoms with Gasteiger partial charge in [0.05, 0.1) is 17.8 Å². The van der Waals surface area contributed by atoms with Crippen LogP contribution in [-0.2, 0) is 20.1 Å². The van der Waals surface area contributed by atoms with Crippen molar-refractivity contribution in [3.05, 3.63) is 53.1 Å². The van der Waals surface area contributed by atoms with E-state index in [0.29, 0.717) is 12.1 Å². The third-order valence-corrected chi connectivity index (χ3v) is 2.83. The molecule has 0 aliphatic rings. The van der Waals surface area contributed by atoms with E-state index in [1.54, 1.807) is 24.1 Å². The van der Waals surface area contributed by atoms with Crippen LogP contribution in [0.3, 0.4) is 0 Å². The summed E-state index contributed by atoms with van der Waals surface area (Å²) in [5.74, 6) is -0.457. The van der Waals surface area contributed by atoms with E-state index in [1.807, 2.05) is 6.07 Å². The zero-order valence-electron chi connectivity index (χ0n) is 11.4. The first-order valence-electron chi connectivity index (χ1n) is 6.26. The zero-order chi connectivity index (χ0) is 15.2. The van der Waals surface area contributed by atoms with Crippen LogP contribution in [-0.4, -0.2) is 15.8 Å². The SMILES string of the molecule is Cn1cc(CNC(=O)NCc2cc(C#N)ccc2F)cn1. The molecule has 0 radical (unpaired) electrons. The fourth-order valence-electron chi connectivity index (χ4n) is 1.76. The van der Waals surface area contributed by atoms with Crippen LogP contribution < -0.4 is 10.6 Å². The molecule has 0 atom stereocenters. The average Bonchev–Trinajstić information content (AvgIpc) is 2.90. The standard InChI is InChI=1S/C14H14FN5O/c1-20-9-11(7-19-20)6-17-14(21)18-8-12-4-10(5-16)2-3-13(12)15/h2-4,7,9H,6,8H2,1H3,(H2,17,18,21). The maximum Gasteiger partial charge on any atom is 0.315 e. The minimum atomic E-state index is -0.457. The lowest BCUT2D eigenvalue weighted by Crippen LogP contribution is -2.34. The van der Waals surface area contributed by atoms with Crippen LogP contribution in [0.25, 0.3) is 0 Å². The summed E-state index contributed by atoms with van der Waals surface area (Å²) in [6.45, 7) is 0.348. The molecule has 0 spiro atoms. The minimum absolute atomic E-state index is 0.0141. The molecule has 0 aliphatic carbocycles. The summed E-state index contributed by atoms with van der Waals surface area (Å²) in [5, 5.41) is 17.9. The number of aryl methyl sites for hydroxylation is 1. The third kappa shape index (κ3) is 4.04. The normalized spacial score (nSPS) is 9.95. The number of hydrogen-bond donors (Lipinski definition) is 2. The molecule has 108 valence electrons. The molecular weight excluding hydrogens is 273 g/mol. The van der Waals surface area contributed by atoms with Crippen LogP contribution in [0, 0.1) is 17.1 Å². The number of aromatic nitrogens is 2. The number of urea groups is 1. The van der Waals surface area contributed by atoms with Crippen molar-refractivity contribution in [2.75, 3.05) is 0 Å². The molecule has 1 aromatic carbocycles. The van der Waals surface area contributed by atoms with E-state index >= 15 is 0 Å². The summed E-state index contributed by atoms with van der Waals surface area (Å²) in [4.78, 5) is 11.6. The van der Waals surface area contributed by atoms with Crippen molar-refractivity contribution in [1.82, 2.24) is 20.4 Å². The highest BCUT2D eigenvalue weighted by Crippen LogP contribution is 2.09. The van der Waals surface area contributed by atoms with Crippen LogP contribution in [0.1, 0.15) is 16.7 Å². The maximum atomic E-state index is 13.5. The highest BCUT2D eigenvalue weighted by molar-refractivity contribution is 5.73. The van der Waals surface area contributed by atoms with Crippen molar-refractivity contribution in [2.24, 2.45) is 7.05 Å². The number of nitrogens with one attached hydrogen (secondary N) is 2. The Hall–Kier alpha value is -2.88. The first-order chi connectivity index (χ1) is 10.1. The van der Waals surface area contributed by atoms with E-state index in [1.165, 1.54) is 18.2 Å². The fourth-order valence-corrected chi connectivity index (χ4v) is 1.76. The van der Waals surface area contributed by atoms with Gasteiger partial charge < -0.3 is 10.6 Å². The molecule has 0 aliphatic heterocycles. The second-order valence-corrected chi connectivity index (χ2v) is 4.48. The van der Waals surface area contributed by atoms with Gasteiger partial charge in [-0.1, -0.05) is 0 Å². The number of carbonyl (C=O) groups is 1. The first-order valence-corrected chi connectivity index (χ1v) is 6.26. The highest BCUT2D eigenvalue weighted by atomic mass is 19.1.